The van der Waals surface area contributed by atoms with Gasteiger partial charge in [-0.2, -0.15) is 13.2 Å². The number of hydrogen-bond acceptors (Lipinski definition) is 3. The van der Waals surface area contributed by atoms with Gasteiger partial charge in [0.25, 0.3) is 0 Å². The highest BCUT2D eigenvalue weighted by molar-refractivity contribution is 6.22. The Balaban J connectivity index is 1.56. The number of rotatable bonds is 3. The maximum atomic E-state index is 13.3. The minimum absolute atomic E-state index is 0.00150. The lowest BCUT2D eigenvalue weighted by Crippen LogP contribution is -2.27. The van der Waals surface area contributed by atoms with Crippen molar-refractivity contribution in [2.75, 3.05) is 0 Å². The van der Waals surface area contributed by atoms with Gasteiger partial charge in [-0.25, -0.2) is 0 Å². The molecule has 3 nitrogen and oxygen atoms in total. The predicted octanol–water partition coefficient (Wildman–Crippen LogP) is 5.72. The Kier molecular flexibility index (Phi) is 4.91. The molecule has 0 aromatic carbocycles. The third-order valence-corrected chi connectivity index (χ3v) is 5.57. The van der Waals surface area contributed by atoms with Gasteiger partial charge in [0, 0.05) is 22.9 Å². The van der Waals surface area contributed by atoms with Gasteiger partial charge in [0.2, 0.25) is 0 Å². The molecule has 148 valence electrons. The number of halogens is 4. The van der Waals surface area contributed by atoms with Crippen molar-refractivity contribution in [1.82, 2.24) is 10.6 Å². The van der Waals surface area contributed by atoms with Gasteiger partial charge in [-0.1, -0.05) is 36.5 Å². The lowest BCUT2D eigenvalue weighted by Gasteiger charge is -2.21. The van der Waals surface area contributed by atoms with Gasteiger partial charge in [-0.15, -0.1) is 11.6 Å². The Labute approximate surface area is 166 Å². The van der Waals surface area contributed by atoms with Crippen LogP contribution in [0.4, 0.5) is 13.2 Å². The summed E-state index contributed by atoms with van der Waals surface area (Å²) >= 11 is 6.40. The fraction of sp³-hybridized carbons (Fsp3) is 0.333. The van der Waals surface area contributed by atoms with E-state index in [-0.39, 0.29) is 28.8 Å². The van der Waals surface area contributed by atoms with E-state index in [1.54, 1.807) is 18.2 Å². The molecule has 3 aliphatic rings. The molecule has 1 aromatic rings. The van der Waals surface area contributed by atoms with Crippen LogP contribution in [0.15, 0.2) is 70.0 Å². The molecule has 0 radical (unpaired) electrons. The number of allylic oxidation sites excluding steroid dienone is 9. The Bertz CT molecular complexity index is 920. The molecule has 2 aliphatic carbocycles. The quantitative estimate of drug-likeness (QED) is 0.628. The van der Waals surface area contributed by atoms with Gasteiger partial charge in [0.15, 0.2) is 6.17 Å². The third-order valence-electron chi connectivity index (χ3n) is 5.15. The number of nitrogens with one attached hydrogen (secondary N) is 2. The molecule has 0 amide bonds. The smallest absolute Gasteiger partial charge is 0.416 e. The van der Waals surface area contributed by atoms with Crippen LogP contribution < -0.4 is 10.6 Å². The first-order valence-corrected chi connectivity index (χ1v) is 9.58. The van der Waals surface area contributed by atoms with E-state index < -0.39 is 11.7 Å². The zero-order valence-electron chi connectivity index (χ0n) is 15.2. The van der Waals surface area contributed by atoms with Gasteiger partial charge < -0.3 is 15.1 Å². The van der Waals surface area contributed by atoms with Gasteiger partial charge in [-0.05, 0) is 31.9 Å². The van der Waals surface area contributed by atoms with Crippen LogP contribution in [0.1, 0.15) is 37.5 Å². The van der Waals surface area contributed by atoms with Crippen LogP contribution in [0.2, 0.25) is 0 Å². The third kappa shape index (κ3) is 3.53. The zero-order valence-corrected chi connectivity index (χ0v) is 15.9. The fourth-order valence-corrected chi connectivity index (χ4v) is 4.07. The molecule has 0 fully saturated rings. The highest BCUT2D eigenvalue weighted by Crippen LogP contribution is 2.39. The first kappa shape index (κ1) is 19.0. The minimum Gasteiger partial charge on any atom is -0.457 e. The van der Waals surface area contributed by atoms with Crippen LogP contribution in [0.3, 0.4) is 0 Å². The largest absolute Gasteiger partial charge is 0.457 e. The molecule has 0 spiro atoms. The molecule has 0 bridgehead atoms. The molecule has 4 rings (SSSR count). The van der Waals surface area contributed by atoms with Crippen LogP contribution >= 0.6 is 11.6 Å². The van der Waals surface area contributed by atoms with Crippen molar-refractivity contribution >= 4 is 17.2 Å². The lowest BCUT2D eigenvalue weighted by atomic mass is 9.95. The van der Waals surface area contributed by atoms with E-state index in [0.717, 1.165) is 17.5 Å². The maximum absolute atomic E-state index is 13.3. The van der Waals surface area contributed by atoms with Crippen LogP contribution in [-0.2, 0) is 0 Å². The van der Waals surface area contributed by atoms with E-state index in [2.05, 4.69) is 10.6 Å². The van der Waals surface area contributed by atoms with Crippen molar-refractivity contribution < 1.29 is 17.6 Å². The molecular formula is C21H20ClF3N2O. The van der Waals surface area contributed by atoms with E-state index in [1.807, 2.05) is 31.2 Å². The first-order chi connectivity index (χ1) is 13.3. The van der Waals surface area contributed by atoms with Gasteiger partial charge in [0.05, 0.1) is 11.0 Å². The molecule has 1 aliphatic heterocycles. The normalized spacial score (nSPS) is 27.4. The molecule has 3 atom stereocenters. The standard InChI is InChI=1S/C21H20ClF3N2O/c1-12-19(14-7-3-5-9-16(14)22)27-20(26-12)18-11-10-17(28-18)13-6-2-4-8-15(13)21(23,24)25/h3-5,7-11,14,16,20,26-27H,2,6H2,1H3. The van der Waals surface area contributed by atoms with Crippen molar-refractivity contribution in [3.63, 3.8) is 0 Å². The second kappa shape index (κ2) is 7.24. The number of hydrogen-bond donors (Lipinski definition) is 2. The molecule has 1 aromatic heterocycles. The molecule has 3 unspecified atom stereocenters. The molecular weight excluding hydrogens is 389 g/mol. The Morgan fingerprint density at radius 1 is 1.14 bits per heavy atom. The van der Waals surface area contributed by atoms with E-state index >= 15 is 0 Å². The fourth-order valence-electron chi connectivity index (χ4n) is 3.77. The summed E-state index contributed by atoms with van der Waals surface area (Å²) in [4.78, 5) is 0. The molecule has 0 saturated carbocycles. The van der Waals surface area contributed by atoms with Crippen LogP contribution in [0.25, 0.3) is 5.57 Å². The summed E-state index contributed by atoms with van der Waals surface area (Å²) in [7, 11) is 0. The van der Waals surface area contributed by atoms with Gasteiger partial charge >= 0.3 is 6.18 Å². The van der Waals surface area contributed by atoms with E-state index in [1.165, 1.54) is 0 Å². The summed E-state index contributed by atoms with van der Waals surface area (Å²) < 4.78 is 45.8. The summed E-state index contributed by atoms with van der Waals surface area (Å²) in [5.41, 5.74) is 1.46. The molecule has 7 heteroatoms. The highest BCUT2D eigenvalue weighted by Gasteiger charge is 2.37. The van der Waals surface area contributed by atoms with Crippen molar-refractivity contribution in [3.8, 4) is 0 Å². The zero-order chi connectivity index (χ0) is 19.9. The van der Waals surface area contributed by atoms with E-state index in [4.69, 9.17) is 16.0 Å². The average molecular weight is 409 g/mol. The SMILES string of the molecule is CC1=C(C2C=CC=CC2Cl)NC(c2ccc(C3=C(C(F)(F)F)C=CCC3)o2)N1. The maximum Gasteiger partial charge on any atom is 0.416 e. The summed E-state index contributed by atoms with van der Waals surface area (Å²) in [6.45, 7) is 1.94. The predicted molar refractivity (Wildman–Crippen MR) is 103 cm³/mol. The van der Waals surface area contributed by atoms with Crippen molar-refractivity contribution in [2.24, 2.45) is 5.92 Å². The van der Waals surface area contributed by atoms with E-state index in [0.29, 0.717) is 18.6 Å². The molecule has 0 saturated heterocycles. The van der Waals surface area contributed by atoms with E-state index in [9.17, 15) is 13.2 Å². The monoisotopic (exact) mass is 408 g/mol. The second-order valence-electron chi connectivity index (χ2n) is 7.03. The second-order valence-corrected chi connectivity index (χ2v) is 7.54. The summed E-state index contributed by atoms with van der Waals surface area (Å²) in [6, 6.07) is 3.32. The Morgan fingerprint density at radius 2 is 1.93 bits per heavy atom. The summed E-state index contributed by atoms with van der Waals surface area (Å²) in [6.07, 6.45) is 6.62. The van der Waals surface area contributed by atoms with Crippen molar-refractivity contribution in [1.29, 1.82) is 0 Å². The summed E-state index contributed by atoms with van der Waals surface area (Å²) in [5.74, 6) is 0.799. The minimum atomic E-state index is -4.40. The molecule has 2 heterocycles. The first-order valence-electron chi connectivity index (χ1n) is 9.14. The molecule has 28 heavy (non-hydrogen) atoms. The van der Waals surface area contributed by atoms with Crippen molar-refractivity contribution in [2.45, 2.75) is 37.5 Å². The summed E-state index contributed by atoms with van der Waals surface area (Å²) in [5, 5.41) is 6.51. The topological polar surface area (TPSA) is 37.2 Å². The average Bonchev–Trinajstić information content (AvgIpc) is 3.28. The van der Waals surface area contributed by atoms with Crippen molar-refractivity contribution in [3.05, 3.63) is 77.1 Å². The Morgan fingerprint density at radius 3 is 2.68 bits per heavy atom. The van der Waals surface area contributed by atoms with Gasteiger partial charge in [-0.3, -0.25) is 0 Å². The Hall–Kier alpha value is -2.34. The van der Waals surface area contributed by atoms with Crippen LogP contribution in [0.5, 0.6) is 0 Å². The van der Waals surface area contributed by atoms with Gasteiger partial charge in [0.1, 0.15) is 11.5 Å². The number of alkyl halides is 4. The lowest BCUT2D eigenvalue weighted by molar-refractivity contribution is -0.0880. The van der Waals surface area contributed by atoms with Crippen LogP contribution in [-0.4, -0.2) is 11.6 Å². The van der Waals surface area contributed by atoms with Crippen LogP contribution in [0, 0.1) is 5.92 Å². The highest BCUT2D eigenvalue weighted by atomic mass is 35.5. The number of furan rings is 1. The molecule has 2 N–H and O–H groups in total.